The lowest BCUT2D eigenvalue weighted by atomic mass is 9.84. The van der Waals surface area contributed by atoms with Crippen LogP contribution in [0.2, 0.25) is 0 Å². The molecule has 2 rings (SSSR count). The van der Waals surface area contributed by atoms with Gasteiger partial charge in [0.15, 0.2) is 5.96 Å². The van der Waals surface area contributed by atoms with Gasteiger partial charge < -0.3 is 19.9 Å². The van der Waals surface area contributed by atoms with E-state index in [1.165, 1.54) is 19.3 Å². The van der Waals surface area contributed by atoms with Crippen LogP contribution < -0.4 is 10.6 Å². The largest absolute Gasteiger partial charge is 0.373 e. The molecule has 7 nitrogen and oxygen atoms in total. The van der Waals surface area contributed by atoms with Gasteiger partial charge in [0.25, 0.3) is 0 Å². The fourth-order valence-corrected chi connectivity index (χ4v) is 3.39. The highest BCUT2D eigenvalue weighted by Gasteiger charge is 2.32. The Morgan fingerprint density at radius 3 is 2.76 bits per heavy atom. The van der Waals surface area contributed by atoms with Crippen molar-refractivity contribution in [2.45, 2.75) is 70.9 Å². The summed E-state index contributed by atoms with van der Waals surface area (Å²) in [6.07, 6.45) is 9.84. The lowest BCUT2D eigenvalue weighted by Gasteiger charge is -2.37. The average Bonchev–Trinajstić information content (AvgIpc) is 3.11. The van der Waals surface area contributed by atoms with Crippen LogP contribution in [0.25, 0.3) is 0 Å². The van der Waals surface area contributed by atoms with Gasteiger partial charge in [-0.05, 0) is 19.3 Å². The molecule has 0 atom stereocenters. The van der Waals surface area contributed by atoms with E-state index in [1.807, 2.05) is 7.05 Å². The highest BCUT2D eigenvalue weighted by Crippen LogP contribution is 2.31. The van der Waals surface area contributed by atoms with Crippen LogP contribution >= 0.6 is 0 Å². The summed E-state index contributed by atoms with van der Waals surface area (Å²) in [6.45, 7) is 7.52. The van der Waals surface area contributed by atoms with Crippen molar-refractivity contribution in [2.75, 3.05) is 26.7 Å². The molecule has 1 heterocycles. The monoisotopic (exact) mass is 350 g/mol. The predicted octanol–water partition coefficient (Wildman–Crippen LogP) is 2.13. The van der Waals surface area contributed by atoms with Crippen molar-refractivity contribution in [3.8, 4) is 0 Å². The van der Waals surface area contributed by atoms with E-state index in [4.69, 9.17) is 4.74 Å². The summed E-state index contributed by atoms with van der Waals surface area (Å²) in [6, 6.07) is 0. The van der Waals surface area contributed by atoms with Crippen LogP contribution in [-0.4, -0.2) is 53.1 Å². The van der Waals surface area contributed by atoms with Crippen molar-refractivity contribution >= 4 is 5.96 Å². The number of hydrogen-bond donors (Lipinski definition) is 2. The maximum absolute atomic E-state index is 6.24. The second-order valence-corrected chi connectivity index (χ2v) is 6.74. The van der Waals surface area contributed by atoms with Crippen LogP contribution in [0.4, 0.5) is 0 Å². The van der Waals surface area contributed by atoms with Crippen molar-refractivity contribution in [1.82, 2.24) is 25.4 Å². The number of guanidine groups is 1. The van der Waals surface area contributed by atoms with Gasteiger partial charge in [-0.1, -0.05) is 33.1 Å². The zero-order chi connectivity index (χ0) is 18.0. The number of aliphatic imine (C=N–C) groups is 1. The molecular formula is C18H34N6O. The molecule has 1 aliphatic carbocycles. The molecule has 0 radical (unpaired) electrons. The molecule has 0 aliphatic heterocycles. The lowest BCUT2D eigenvalue weighted by molar-refractivity contribution is -0.0657. The first-order valence-electron chi connectivity index (χ1n) is 9.68. The smallest absolute Gasteiger partial charge is 0.191 e. The Morgan fingerprint density at radius 2 is 2.08 bits per heavy atom. The first-order chi connectivity index (χ1) is 12.2. The lowest BCUT2D eigenvalue weighted by Crippen LogP contribution is -2.50. The maximum Gasteiger partial charge on any atom is 0.191 e. The van der Waals surface area contributed by atoms with Crippen LogP contribution in [0.5, 0.6) is 0 Å². The summed E-state index contributed by atoms with van der Waals surface area (Å²) in [5.74, 6) is 1.84. The van der Waals surface area contributed by atoms with Gasteiger partial charge in [-0.15, -0.1) is 10.2 Å². The zero-order valence-electron chi connectivity index (χ0n) is 16.1. The van der Waals surface area contributed by atoms with E-state index in [2.05, 4.69) is 44.2 Å². The third kappa shape index (κ3) is 5.99. The first kappa shape index (κ1) is 19.7. The molecule has 0 saturated heterocycles. The standard InChI is InChI=1S/C18H34N6O/c1-4-13-25-18(9-7-6-8-10-18)14-21-17(19-3)20-11-12-24-15-22-23-16(24)5-2/h15H,4-14H2,1-3H3,(H2,19,20,21). The van der Waals surface area contributed by atoms with Gasteiger partial charge >= 0.3 is 0 Å². The topological polar surface area (TPSA) is 76.4 Å². The Hall–Kier alpha value is -1.63. The highest BCUT2D eigenvalue weighted by atomic mass is 16.5. The van der Waals surface area contributed by atoms with E-state index in [0.29, 0.717) is 0 Å². The maximum atomic E-state index is 6.24. The molecule has 1 saturated carbocycles. The van der Waals surface area contributed by atoms with Crippen molar-refractivity contribution in [1.29, 1.82) is 0 Å². The van der Waals surface area contributed by atoms with Gasteiger partial charge in [-0.25, -0.2) is 0 Å². The molecule has 142 valence electrons. The minimum Gasteiger partial charge on any atom is -0.373 e. The van der Waals surface area contributed by atoms with Gasteiger partial charge in [0.1, 0.15) is 12.2 Å². The number of aromatic nitrogens is 3. The molecule has 25 heavy (non-hydrogen) atoms. The number of ether oxygens (including phenoxy) is 1. The second-order valence-electron chi connectivity index (χ2n) is 6.74. The minimum absolute atomic E-state index is 0.0322. The highest BCUT2D eigenvalue weighted by molar-refractivity contribution is 5.79. The van der Waals surface area contributed by atoms with Crippen LogP contribution in [0.3, 0.4) is 0 Å². The molecule has 0 unspecified atom stereocenters. The summed E-state index contributed by atoms with van der Waals surface area (Å²) in [4.78, 5) is 4.34. The third-order valence-corrected chi connectivity index (χ3v) is 4.84. The van der Waals surface area contributed by atoms with Crippen LogP contribution in [-0.2, 0) is 17.7 Å². The van der Waals surface area contributed by atoms with E-state index in [0.717, 1.165) is 63.7 Å². The molecule has 1 aromatic heterocycles. The van der Waals surface area contributed by atoms with Gasteiger partial charge in [-0.2, -0.15) is 0 Å². The fraction of sp³-hybridized carbons (Fsp3) is 0.833. The zero-order valence-corrected chi connectivity index (χ0v) is 16.1. The molecule has 1 fully saturated rings. The van der Waals surface area contributed by atoms with Gasteiger partial charge in [0.2, 0.25) is 0 Å². The third-order valence-electron chi connectivity index (χ3n) is 4.84. The normalized spacial score (nSPS) is 17.5. The van der Waals surface area contributed by atoms with E-state index in [9.17, 15) is 0 Å². The van der Waals surface area contributed by atoms with Crippen molar-refractivity contribution in [3.05, 3.63) is 12.2 Å². The van der Waals surface area contributed by atoms with Crippen LogP contribution in [0, 0.1) is 0 Å². The second kappa shape index (κ2) is 10.4. The number of aryl methyl sites for hydroxylation is 1. The van der Waals surface area contributed by atoms with Gasteiger partial charge in [0.05, 0.1) is 5.60 Å². The number of rotatable bonds is 9. The van der Waals surface area contributed by atoms with Crippen molar-refractivity contribution < 1.29 is 4.74 Å². The van der Waals surface area contributed by atoms with E-state index in [1.54, 1.807) is 6.33 Å². The van der Waals surface area contributed by atoms with Crippen LogP contribution in [0.1, 0.15) is 58.2 Å². The molecule has 7 heteroatoms. The summed E-state index contributed by atoms with van der Waals surface area (Å²) >= 11 is 0. The molecule has 0 aromatic carbocycles. The van der Waals surface area contributed by atoms with Crippen molar-refractivity contribution in [2.24, 2.45) is 4.99 Å². The Kier molecular flexibility index (Phi) is 8.18. The SMILES string of the molecule is CCCOC1(CNC(=NC)NCCn2cnnc2CC)CCCCC1. The Labute approximate surface area is 151 Å². The molecule has 0 bridgehead atoms. The molecule has 0 spiro atoms. The molecule has 1 aliphatic rings. The van der Waals surface area contributed by atoms with E-state index >= 15 is 0 Å². The Bertz CT molecular complexity index is 521. The molecule has 2 N–H and O–H groups in total. The van der Waals surface area contributed by atoms with Crippen molar-refractivity contribution in [3.63, 3.8) is 0 Å². The van der Waals surface area contributed by atoms with Gasteiger partial charge in [0, 0.05) is 39.7 Å². The summed E-state index contributed by atoms with van der Waals surface area (Å²) in [5.41, 5.74) is -0.0322. The van der Waals surface area contributed by atoms with Crippen LogP contribution in [0.15, 0.2) is 11.3 Å². The molecular weight excluding hydrogens is 316 g/mol. The first-order valence-corrected chi connectivity index (χ1v) is 9.68. The summed E-state index contributed by atoms with van der Waals surface area (Å²) in [5, 5.41) is 14.9. The summed E-state index contributed by atoms with van der Waals surface area (Å²) < 4.78 is 8.32. The number of hydrogen-bond acceptors (Lipinski definition) is 4. The predicted molar refractivity (Wildman–Crippen MR) is 101 cm³/mol. The average molecular weight is 351 g/mol. The Morgan fingerprint density at radius 1 is 1.28 bits per heavy atom. The summed E-state index contributed by atoms with van der Waals surface area (Å²) in [7, 11) is 1.81. The Balaban J connectivity index is 1.80. The number of nitrogens with zero attached hydrogens (tertiary/aromatic N) is 4. The minimum atomic E-state index is -0.0322. The molecule has 1 aromatic rings. The van der Waals surface area contributed by atoms with Gasteiger partial charge in [-0.3, -0.25) is 4.99 Å². The fourth-order valence-electron chi connectivity index (χ4n) is 3.39. The van der Waals surface area contributed by atoms with E-state index < -0.39 is 0 Å². The number of nitrogens with one attached hydrogen (secondary N) is 2. The quantitative estimate of drug-likeness (QED) is 0.527. The molecule has 0 amide bonds. The van der Waals surface area contributed by atoms with E-state index in [-0.39, 0.29) is 5.60 Å².